The van der Waals surface area contributed by atoms with Crippen LogP contribution in [0.3, 0.4) is 0 Å². The van der Waals surface area contributed by atoms with E-state index < -0.39 is 29.6 Å². The number of hydrogen-bond donors (Lipinski definition) is 1. The van der Waals surface area contributed by atoms with Crippen LogP contribution in [0.15, 0.2) is 36.9 Å². The molecule has 4 rings (SSSR count). The summed E-state index contributed by atoms with van der Waals surface area (Å²) in [5, 5.41) is 1.78. The van der Waals surface area contributed by atoms with E-state index in [9.17, 15) is 17.6 Å². The average Bonchev–Trinajstić information content (AvgIpc) is 3.26. The average molecular weight is 538 g/mol. The zero-order valence-corrected chi connectivity index (χ0v) is 21.8. The normalized spacial score (nSPS) is 18.9. The van der Waals surface area contributed by atoms with Crippen molar-refractivity contribution in [2.75, 3.05) is 39.2 Å². The quantitative estimate of drug-likeness (QED) is 0.392. The molecule has 1 aliphatic rings. The minimum atomic E-state index is -4.83. The minimum absolute atomic E-state index is 0.0802. The molecular weight excluding hydrogens is 505 g/mol. The van der Waals surface area contributed by atoms with E-state index in [4.69, 9.17) is 0 Å². The molecule has 2 aromatic heterocycles. The largest absolute Gasteiger partial charge is 0.419 e. The van der Waals surface area contributed by atoms with Crippen molar-refractivity contribution in [3.05, 3.63) is 59.7 Å². The maximum absolute atomic E-state index is 15.6. The number of benzene rings is 1. The van der Waals surface area contributed by atoms with Crippen molar-refractivity contribution in [1.82, 2.24) is 29.4 Å². The molecule has 2 unspecified atom stereocenters. The van der Waals surface area contributed by atoms with Gasteiger partial charge in [-0.2, -0.15) is 13.2 Å². The van der Waals surface area contributed by atoms with E-state index in [1.54, 1.807) is 22.0 Å². The van der Waals surface area contributed by atoms with Crippen LogP contribution in [0.1, 0.15) is 49.1 Å². The van der Waals surface area contributed by atoms with Crippen molar-refractivity contribution in [1.29, 1.82) is 0 Å². The Morgan fingerprint density at radius 1 is 1.21 bits per heavy atom. The van der Waals surface area contributed by atoms with E-state index in [2.05, 4.69) is 20.4 Å². The van der Waals surface area contributed by atoms with Crippen LogP contribution in [0.4, 0.5) is 27.8 Å². The zero-order chi connectivity index (χ0) is 27.6. The van der Waals surface area contributed by atoms with Crippen molar-refractivity contribution >= 4 is 5.82 Å². The maximum atomic E-state index is 15.6. The van der Waals surface area contributed by atoms with Gasteiger partial charge in [0.15, 0.2) is 0 Å². The van der Waals surface area contributed by atoms with Gasteiger partial charge in [-0.3, -0.25) is 0 Å². The number of hydrogen-bond acceptors (Lipinski definition) is 6. The molecule has 1 fully saturated rings. The number of alkyl halides is 4. The Labute approximate surface area is 218 Å². The van der Waals surface area contributed by atoms with Crippen LogP contribution in [0.5, 0.6) is 0 Å². The van der Waals surface area contributed by atoms with Gasteiger partial charge in [0.2, 0.25) is 0 Å². The second-order valence-corrected chi connectivity index (χ2v) is 10.1. The molecule has 0 radical (unpaired) electrons. The fourth-order valence-corrected chi connectivity index (χ4v) is 4.56. The van der Waals surface area contributed by atoms with Gasteiger partial charge in [0.1, 0.15) is 30.0 Å². The highest BCUT2D eigenvalue weighted by atomic mass is 19.4. The molecule has 0 spiro atoms. The standard InChI is InChI=1S/C26H32F5N7/c1-16(2)19-12-32-15-33-24(19)35-38-8-7-18(22(28)13-38)25-34-23(14-37(25)10-9-36(3)4)17-5-6-21(27)20(11-17)26(29,30)31/h5-6,11-12,14-16,18,22H,7-10,13H2,1-4H3,(H,32,33,35). The third-order valence-corrected chi connectivity index (χ3v) is 6.66. The molecule has 1 N–H and O–H groups in total. The summed E-state index contributed by atoms with van der Waals surface area (Å²) >= 11 is 0. The number of rotatable bonds is 8. The maximum Gasteiger partial charge on any atom is 0.419 e. The molecule has 0 amide bonds. The van der Waals surface area contributed by atoms with Gasteiger partial charge in [0.25, 0.3) is 0 Å². The van der Waals surface area contributed by atoms with Gasteiger partial charge in [-0.25, -0.2) is 28.7 Å². The predicted molar refractivity (Wildman–Crippen MR) is 135 cm³/mol. The molecule has 1 aliphatic heterocycles. The van der Waals surface area contributed by atoms with Gasteiger partial charge in [-0.1, -0.05) is 13.8 Å². The number of piperidine rings is 1. The SMILES string of the molecule is CC(C)c1cncnc1NN1CCC(c2nc(-c3ccc(F)c(C(F)(F)F)c3)cn2CCN(C)C)C(F)C1. The lowest BCUT2D eigenvalue weighted by Crippen LogP contribution is -2.44. The van der Waals surface area contributed by atoms with Crippen LogP contribution >= 0.6 is 0 Å². The summed E-state index contributed by atoms with van der Waals surface area (Å²) in [7, 11) is 3.79. The monoisotopic (exact) mass is 537 g/mol. The minimum Gasteiger partial charge on any atom is -0.333 e. The van der Waals surface area contributed by atoms with Gasteiger partial charge < -0.3 is 14.9 Å². The van der Waals surface area contributed by atoms with Gasteiger partial charge >= 0.3 is 6.18 Å². The van der Waals surface area contributed by atoms with Crippen LogP contribution in [-0.4, -0.2) is 69.3 Å². The number of nitrogens with one attached hydrogen (secondary N) is 1. The van der Waals surface area contributed by atoms with E-state index in [1.165, 1.54) is 12.4 Å². The van der Waals surface area contributed by atoms with E-state index in [-0.39, 0.29) is 23.7 Å². The second-order valence-electron chi connectivity index (χ2n) is 10.1. The fraction of sp³-hybridized carbons (Fsp3) is 0.500. The third kappa shape index (κ3) is 6.29. The van der Waals surface area contributed by atoms with Crippen LogP contribution in [0, 0.1) is 5.82 Å². The van der Waals surface area contributed by atoms with Crippen LogP contribution in [0.25, 0.3) is 11.3 Å². The van der Waals surface area contributed by atoms with Gasteiger partial charge in [0, 0.05) is 43.2 Å². The summed E-state index contributed by atoms with van der Waals surface area (Å²) in [5.74, 6) is -0.615. The number of nitrogens with zero attached hydrogens (tertiary/aromatic N) is 6. The van der Waals surface area contributed by atoms with E-state index in [0.717, 1.165) is 17.7 Å². The van der Waals surface area contributed by atoms with E-state index >= 15 is 4.39 Å². The highest BCUT2D eigenvalue weighted by molar-refractivity contribution is 5.60. The molecule has 1 aromatic carbocycles. The molecule has 3 heterocycles. The summed E-state index contributed by atoms with van der Waals surface area (Å²) in [6, 6.07) is 2.81. The zero-order valence-electron chi connectivity index (χ0n) is 21.8. The Kier molecular flexibility index (Phi) is 8.31. The van der Waals surface area contributed by atoms with Crippen molar-refractivity contribution in [3.8, 4) is 11.3 Å². The fourth-order valence-electron chi connectivity index (χ4n) is 4.56. The number of anilines is 1. The Morgan fingerprint density at radius 3 is 2.63 bits per heavy atom. The summed E-state index contributed by atoms with van der Waals surface area (Å²) in [5.41, 5.74) is 3.16. The first-order valence-corrected chi connectivity index (χ1v) is 12.5. The number of likely N-dealkylation sites (N-methyl/N-ethyl adjacent to an activating group) is 1. The van der Waals surface area contributed by atoms with Crippen LogP contribution < -0.4 is 5.43 Å². The van der Waals surface area contributed by atoms with Crippen LogP contribution in [0.2, 0.25) is 0 Å². The summed E-state index contributed by atoms with van der Waals surface area (Å²) in [6.07, 6.45) is -0.878. The smallest absolute Gasteiger partial charge is 0.333 e. The molecule has 0 aliphatic carbocycles. The van der Waals surface area contributed by atoms with E-state index in [0.29, 0.717) is 37.7 Å². The number of hydrazine groups is 1. The first-order chi connectivity index (χ1) is 17.9. The topological polar surface area (TPSA) is 62.1 Å². The molecule has 38 heavy (non-hydrogen) atoms. The Balaban J connectivity index is 1.59. The molecule has 206 valence electrons. The lowest BCUT2D eigenvalue weighted by molar-refractivity contribution is -0.139. The lowest BCUT2D eigenvalue weighted by atomic mass is 9.94. The van der Waals surface area contributed by atoms with Crippen molar-refractivity contribution in [2.45, 2.75) is 51.0 Å². The highest BCUT2D eigenvalue weighted by Crippen LogP contribution is 2.36. The molecule has 12 heteroatoms. The highest BCUT2D eigenvalue weighted by Gasteiger charge is 2.36. The summed E-state index contributed by atoms with van der Waals surface area (Å²) in [6.45, 7) is 5.75. The Hall–Kier alpha value is -3.12. The molecule has 7 nitrogen and oxygen atoms in total. The van der Waals surface area contributed by atoms with E-state index in [1.807, 2.05) is 32.8 Å². The Bertz CT molecular complexity index is 1240. The number of imidazole rings is 1. The first-order valence-electron chi connectivity index (χ1n) is 12.5. The molecule has 0 bridgehead atoms. The molecule has 2 atom stereocenters. The molecule has 1 saturated heterocycles. The molecular formula is C26H32F5N7. The van der Waals surface area contributed by atoms with Gasteiger partial charge in [-0.05, 0) is 44.6 Å². The summed E-state index contributed by atoms with van der Waals surface area (Å²) < 4.78 is 71.2. The van der Waals surface area contributed by atoms with Crippen molar-refractivity contribution < 1.29 is 22.0 Å². The van der Waals surface area contributed by atoms with Gasteiger partial charge in [-0.15, -0.1) is 0 Å². The third-order valence-electron chi connectivity index (χ3n) is 6.66. The first kappa shape index (κ1) is 27.9. The number of aromatic nitrogens is 4. The second kappa shape index (κ2) is 11.3. The van der Waals surface area contributed by atoms with Crippen LogP contribution in [-0.2, 0) is 12.7 Å². The molecule has 0 saturated carbocycles. The predicted octanol–water partition coefficient (Wildman–Crippen LogP) is 5.34. The molecule has 3 aromatic rings. The Morgan fingerprint density at radius 2 is 1.97 bits per heavy atom. The van der Waals surface area contributed by atoms with Gasteiger partial charge in [0.05, 0.1) is 23.7 Å². The summed E-state index contributed by atoms with van der Waals surface area (Å²) in [4.78, 5) is 14.9. The van der Waals surface area contributed by atoms with Crippen molar-refractivity contribution in [2.24, 2.45) is 0 Å². The van der Waals surface area contributed by atoms with Crippen molar-refractivity contribution in [3.63, 3.8) is 0 Å². The number of halogens is 5. The lowest BCUT2D eigenvalue weighted by Gasteiger charge is -2.35.